The van der Waals surface area contributed by atoms with Crippen molar-refractivity contribution in [1.29, 1.82) is 0 Å². The van der Waals surface area contributed by atoms with Gasteiger partial charge in [-0.05, 0) is 83.7 Å². The van der Waals surface area contributed by atoms with Crippen LogP contribution in [0.5, 0.6) is 5.75 Å². The van der Waals surface area contributed by atoms with Gasteiger partial charge in [-0.1, -0.05) is 36.8 Å². The molecule has 2 aromatic heterocycles. The molecule has 1 aliphatic heterocycles. The van der Waals surface area contributed by atoms with E-state index in [1.54, 1.807) is 56.5 Å². The number of carbonyl (C=O) groups excluding carboxylic acids is 1. The van der Waals surface area contributed by atoms with Gasteiger partial charge in [0, 0.05) is 11.6 Å². The van der Waals surface area contributed by atoms with E-state index in [0.29, 0.717) is 59.9 Å². The summed E-state index contributed by atoms with van der Waals surface area (Å²) in [6.07, 6.45) is 2.91. The smallest absolute Gasteiger partial charge is 0.338 e. The van der Waals surface area contributed by atoms with Crippen LogP contribution in [0.1, 0.15) is 60.0 Å². The normalized spacial score (nSPS) is 14.8. The van der Waals surface area contributed by atoms with Gasteiger partial charge in [-0.2, -0.15) is 0 Å². The van der Waals surface area contributed by atoms with Crippen molar-refractivity contribution in [2.45, 2.75) is 39.7 Å². The summed E-state index contributed by atoms with van der Waals surface area (Å²) in [4.78, 5) is 44.1. The molecule has 4 aromatic rings. The molecule has 9 nitrogen and oxygen atoms in total. The Labute approximate surface area is 259 Å². The summed E-state index contributed by atoms with van der Waals surface area (Å²) < 4.78 is 19.5. The van der Waals surface area contributed by atoms with Crippen LogP contribution in [0.3, 0.4) is 0 Å². The van der Waals surface area contributed by atoms with Crippen LogP contribution in [0.2, 0.25) is 0 Å². The average Bonchev–Trinajstić information content (AvgIpc) is 3.56. The Hall–Kier alpha value is -4.22. The highest BCUT2D eigenvalue weighted by atomic mass is 79.9. The molecule has 0 spiro atoms. The minimum absolute atomic E-state index is 0.150. The number of nitrogens with zero attached hydrogens (tertiary/aromatic N) is 2. The van der Waals surface area contributed by atoms with Crippen LogP contribution in [0, 0.1) is 6.92 Å². The summed E-state index contributed by atoms with van der Waals surface area (Å²) in [7, 11) is 1.57. The Kier molecular flexibility index (Phi) is 8.84. The molecule has 1 aliphatic rings. The van der Waals surface area contributed by atoms with Gasteiger partial charge in [-0.3, -0.25) is 9.36 Å². The maximum absolute atomic E-state index is 14.0. The van der Waals surface area contributed by atoms with Crippen molar-refractivity contribution in [2.24, 2.45) is 4.99 Å². The number of aryl methyl sites for hydroxylation is 1. The highest BCUT2D eigenvalue weighted by Crippen LogP contribution is 2.36. The van der Waals surface area contributed by atoms with Gasteiger partial charge in [0.1, 0.15) is 17.3 Å². The van der Waals surface area contributed by atoms with Crippen LogP contribution >= 0.6 is 27.3 Å². The monoisotopic (exact) mass is 664 g/mol. The molecule has 43 heavy (non-hydrogen) atoms. The molecule has 1 N–H and O–H groups in total. The molecule has 0 amide bonds. The zero-order valence-electron chi connectivity index (χ0n) is 24.0. The number of allylic oxidation sites excluding steroid dienone is 1. The fraction of sp³-hybridized carbons (Fsp3) is 0.250. The van der Waals surface area contributed by atoms with Crippen molar-refractivity contribution in [3.8, 4) is 17.1 Å². The molecule has 0 radical (unpaired) electrons. The third-order valence-electron chi connectivity index (χ3n) is 7.03. The van der Waals surface area contributed by atoms with E-state index in [1.165, 1.54) is 15.9 Å². The summed E-state index contributed by atoms with van der Waals surface area (Å²) in [5.41, 5.74) is 2.92. The largest absolute Gasteiger partial charge is 0.496 e. The second kappa shape index (κ2) is 12.6. The van der Waals surface area contributed by atoms with E-state index >= 15 is 0 Å². The third-order valence-corrected chi connectivity index (χ3v) is 8.64. The number of hydrogen-bond acceptors (Lipinski definition) is 8. The molecule has 3 heterocycles. The molecule has 0 bridgehead atoms. The molecule has 222 valence electrons. The first-order valence-corrected chi connectivity index (χ1v) is 15.3. The van der Waals surface area contributed by atoms with Gasteiger partial charge in [-0.15, -0.1) is 0 Å². The number of aromatic carboxylic acids is 1. The topological polar surface area (TPSA) is 120 Å². The van der Waals surface area contributed by atoms with Crippen molar-refractivity contribution in [1.82, 2.24) is 4.57 Å². The van der Waals surface area contributed by atoms with Crippen molar-refractivity contribution in [2.75, 3.05) is 13.7 Å². The Balaban J connectivity index is 1.67. The number of fused-ring (bicyclic) bond motifs is 1. The molecule has 0 aliphatic carbocycles. The third kappa shape index (κ3) is 5.87. The van der Waals surface area contributed by atoms with Gasteiger partial charge < -0.3 is 19.0 Å². The summed E-state index contributed by atoms with van der Waals surface area (Å²) >= 11 is 4.74. The maximum atomic E-state index is 14.0. The summed E-state index contributed by atoms with van der Waals surface area (Å²) in [6.45, 7) is 5.79. The van der Waals surface area contributed by atoms with Crippen LogP contribution in [0.4, 0.5) is 0 Å². The lowest BCUT2D eigenvalue weighted by Gasteiger charge is -2.26. The number of carbonyl (C=O) groups is 2. The average molecular weight is 666 g/mol. The fourth-order valence-electron chi connectivity index (χ4n) is 5.01. The van der Waals surface area contributed by atoms with Crippen LogP contribution in [0.15, 0.2) is 78.5 Å². The number of aromatic nitrogens is 1. The van der Waals surface area contributed by atoms with Gasteiger partial charge in [0.25, 0.3) is 5.56 Å². The van der Waals surface area contributed by atoms with Gasteiger partial charge in [-0.25, -0.2) is 14.6 Å². The van der Waals surface area contributed by atoms with Crippen LogP contribution < -0.4 is 19.6 Å². The van der Waals surface area contributed by atoms with Gasteiger partial charge in [0.15, 0.2) is 4.80 Å². The first kappa shape index (κ1) is 30.2. The summed E-state index contributed by atoms with van der Waals surface area (Å²) in [5.74, 6) is -0.0323. The highest BCUT2D eigenvalue weighted by molar-refractivity contribution is 9.10. The van der Waals surface area contributed by atoms with E-state index in [4.69, 9.17) is 18.9 Å². The number of rotatable bonds is 9. The minimum Gasteiger partial charge on any atom is -0.496 e. The number of carboxylic acids is 1. The lowest BCUT2D eigenvalue weighted by molar-refractivity contribution is -0.139. The van der Waals surface area contributed by atoms with Crippen LogP contribution in [-0.2, 0) is 9.53 Å². The van der Waals surface area contributed by atoms with Gasteiger partial charge in [0.05, 0.1) is 45.6 Å². The van der Waals surface area contributed by atoms with Crippen molar-refractivity contribution in [3.05, 3.63) is 106 Å². The Bertz CT molecular complexity index is 1950. The number of furan rings is 1. The predicted octanol–water partition coefficient (Wildman–Crippen LogP) is 5.62. The first-order valence-electron chi connectivity index (χ1n) is 13.7. The highest BCUT2D eigenvalue weighted by Gasteiger charge is 2.34. The molecule has 0 fully saturated rings. The SMILES string of the molecule is CCCC1=C(C(=O)OCC)[C@H](c2ccc(OC)c(Br)c2)n2c(s/c(=C\c3ccc(-c4cc(C(=O)O)ccc4C)o3)c2=O)=N1. The van der Waals surface area contributed by atoms with E-state index < -0.39 is 18.0 Å². The quantitative estimate of drug-likeness (QED) is 0.231. The van der Waals surface area contributed by atoms with Crippen molar-refractivity contribution in [3.63, 3.8) is 0 Å². The molecular weight excluding hydrogens is 636 g/mol. The standard InChI is InChI=1S/C32H29BrN2O7S/c1-5-7-23-27(31(39)41-6-2)28(18-10-12-25(40-4)22(33)15-18)35-29(36)26(43-32(35)34-23)16-20-11-13-24(42-20)21-14-19(30(37)38)9-8-17(21)3/h8-16,28H,5-7H2,1-4H3,(H,37,38)/b26-16-/t28-/m0/s1. The van der Waals surface area contributed by atoms with Gasteiger partial charge in [0.2, 0.25) is 0 Å². The number of thiazole rings is 1. The Morgan fingerprint density at radius 2 is 1.95 bits per heavy atom. The second-order valence-electron chi connectivity index (χ2n) is 9.84. The molecule has 0 unspecified atom stereocenters. The molecule has 0 saturated carbocycles. The zero-order valence-corrected chi connectivity index (χ0v) is 26.4. The lowest BCUT2D eigenvalue weighted by Crippen LogP contribution is -2.40. The first-order chi connectivity index (χ1) is 20.7. The number of hydrogen-bond donors (Lipinski definition) is 1. The van der Waals surface area contributed by atoms with Crippen LogP contribution in [0.25, 0.3) is 17.4 Å². The number of methoxy groups -OCH3 is 1. The second-order valence-corrected chi connectivity index (χ2v) is 11.7. The predicted molar refractivity (Wildman–Crippen MR) is 166 cm³/mol. The fourth-order valence-corrected chi connectivity index (χ4v) is 6.57. The summed E-state index contributed by atoms with van der Waals surface area (Å²) in [6, 6.07) is 13.0. The van der Waals surface area contributed by atoms with E-state index in [1.807, 2.05) is 26.0 Å². The van der Waals surface area contributed by atoms with Gasteiger partial charge >= 0.3 is 11.9 Å². The molecule has 5 rings (SSSR count). The molecule has 1 atom stereocenters. The van der Waals surface area contributed by atoms with Crippen molar-refractivity contribution < 1.29 is 28.6 Å². The number of halogens is 1. The van der Waals surface area contributed by atoms with E-state index in [2.05, 4.69) is 15.9 Å². The number of carboxylic acid groups (broad SMARTS) is 1. The van der Waals surface area contributed by atoms with E-state index in [-0.39, 0.29) is 17.7 Å². The number of esters is 1. The van der Waals surface area contributed by atoms with E-state index in [9.17, 15) is 19.5 Å². The van der Waals surface area contributed by atoms with Crippen molar-refractivity contribution >= 4 is 45.3 Å². The minimum atomic E-state index is -1.03. The lowest BCUT2D eigenvalue weighted by atomic mass is 9.94. The molecule has 0 saturated heterocycles. The van der Waals surface area contributed by atoms with Crippen LogP contribution in [-0.4, -0.2) is 35.3 Å². The number of ether oxygens (including phenoxy) is 2. The maximum Gasteiger partial charge on any atom is 0.338 e. The number of benzene rings is 2. The Morgan fingerprint density at radius 3 is 2.63 bits per heavy atom. The zero-order chi connectivity index (χ0) is 30.8. The molecule has 11 heteroatoms. The molecular formula is C32H29BrN2O7S. The van der Waals surface area contributed by atoms with E-state index in [0.717, 1.165) is 12.0 Å². The molecule has 2 aromatic carbocycles. The Morgan fingerprint density at radius 1 is 1.16 bits per heavy atom. The summed E-state index contributed by atoms with van der Waals surface area (Å²) in [5, 5.41) is 9.42.